The lowest BCUT2D eigenvalue weighted by Crippen LogP contribution is -2.15. The monoisotopic (exact) mass is 206 g/mol. The SMILES string of the molecule is CCC(=O)Oc1ccccc1C(C)(C)C. The molecular weight excluding hydrogens is 188 g/mol. The van der Waals surface area contributed by atoms with Crippen LogP contribution in [0.15, 0.2) is 24.3 Å². The Labute approximate surface area is 91.3 Å². The Morgan fingerprint density at radius 3 is 2.40 bits per heavy atom. The number of benzene rings is 1. The minimum Gasteiger partial charge on any atom is -0.426 e. The van der Waals surface area contributed by atoms with Crippen molar-refractivity contribution >= 4 is 5.97 Å². The molecule has 0 amide bonds. The molecule has 1 aromatic carbocycles. The van der Waals surface area contributed by atoms with Crippen molar-refractivity contribution in [3.8, 4) is 5.75 Å². The Morgan fingerprint density at radius 1 is 1.27 bits per heavy atom. The molecule has 0 aliphatic rings. The summed E-state index contributed by atoms with van der Waals surface area (Å²) < 4.78 is 5.28. The van der Waals surface area contributed by atoms with Gasteiger partial charge in [-0.05, 0) is 11.5 Å². The summed E-state index contributed by atoms with van der Waals surface area (Å²) in [6.45, 7) is 8.10. The Kier molecular flexibility index (Phi) is 3.51. The van der Waals surface area contributed by atoms with Crippen molar-refractivity contribution in [3.05, 3.63) is 29.8 Å². The first-order valence-corrected chi connectivity index (χ1v) is 5.25. The summed E-state index contributed by atoms with van der Waals surface area (Å²) in [6, 6.07) is 7.68. The molecule has 0 radical (unpaired) electrons. The van der Waals surface area contributed by atoms with Gasteiger partial charge in [0.1, 0.15) is 5.75 Å². The average Bonchev–Trinajstić information content (AvgIpc) is 2.17. The van der Waals surface area contributed by atoms with E-state index in [0.29, 0.717) is 12.2 Å². The van der Waals surface area contributed by atoms with Gasteiger partial charge in [-0.25, -0.2) is 0 Å². The molecule has 1 rings (SSSR count). The van der Waals surface area contributed by atoms with Crippen LogP contribution in [0, 0.1) is 0 Å². The molecule has 0 bridgehead atoms. The summed E-state index contributed by atoms with van der Waals surface area (Å²) in [6.07, 6.45) is 0.401. The van der Waals surface area contributed by atoms with E-state index in [1.54, 1.807) is 6.92 Å². The maximum Gasteiger partial charge on any atom is 0.310 e. The molecule has 0 heterocycles. The highest BCUT2D eigenvalue weighted by molar-refractivity contribution is 5.72. The van der Waals surface area contributed by atoms with Crippen LogP contribution in [0.3, 0.4) is 0 Å². The smallest absolute Gasteiger partial charge is 0.310 e. The van der Waals surface area contributed by atoms with Crippen molar-refractivity contribution < 1.29 is 9.53 Å². The van der Waals surface area contributed by atoms with Gasteiger partial charge in [0.15, 0.2) is 0 Å². The van der Waals surface area contributed by atoms with E-state index < -0.39 is 0 Å². The van der Waals surface area contributed by atoms with Crippen molar-refractivity contribution in [2.45, 2.75) is 39.5 Å². The molecule has 82 valence electrons. The minimum atomic E-state index is -0.188. The summed E-state index contributed by atoms with van der Waals surface area (Å²) in [4.78, 5) is 11.2. The molecule has 2 nitrogen and oxygen atoms in total. The Balaban J connectivity index is 3.02. The van der Waals surface area contributed by atoms with Gasteiger partial charge in [-0.15, -0.1) is 0 Å². The van der Waals surface area contributed by atoms with Crippen molar-refractivity contribution in [3.63, 3.8) is 0 Å². The van der Waals surface area contributed by atoms with Crippen LogP contribution >= 0.6 is 0 Å². The third kappa shape index (κ3) is 3.08. The second kappa shape index (κ2) is 4.47. The Morgan fingerprint density at radius 2 is 1.87 bits per heavy atom. The first-order chi connectivity index (χ1) is 6.95. The molecular formula is C13H18O2. The van der Waals surface area contributed by atoms with Gasteiger partial charge >= 0.3 is 5.97 Å². The molecule has 0 fully saturated rings. The fourth-order valence-corrected chi connectivity index (χ4v) is 1.37. The van der Waals surface area contributed by atoms with Gasteiger partial charge in [-0.2, -0.15) is 0 Å². The highest BCUT2D eigenvalue weighted by Crippen LogP contribution is 2.30. The molecule has 0 unspecified atom stereocenters. The van der Waals surface area contributed by atoms with E-state index in [-0.39, 0.29) is 11.4 Å². The largest absolute Gasteiger partial charge is 0.426 e. The van der Waals surface area contributed by atoms with E-state index in [4.69, 9.17) is 4.74 Å². The average molecular weight is 206 g/mol. The van der Waals surface area contributed by atoms with Crippen LogP contribution in [0.1, 0.15) is 39.7 Å². The first-order valence-electron chi connectivity index (χ1n) is 5.25. The van der Waals surface area contributed by atoms with E-state index >= 15 is 0 Å². The van der Waals surface area contributed by atoms with Gasteiger partial charge in [-0.1, -0.05) is 45.9 Å². The van der Waals surface area contributed by atoms with Crippen molar-refractivity contribution in [1.82, 2.24) is 0 Å². The third-order valence-electron chi connectivity index (χ3n) is 2.21. The predicted octanol–water partition coefficient (Wildman–Crippen LogP) is 3.30. The zero-order valence-electron chi connectivity index (χ0n) is 9.83. The zero-order chi connectivity index (χ0) is 11.5. The second-order valence-electron chi connectivity index (χ2n) is 4.57. The fraction of sp³-hybridized carbons (Fsp3) is 0.462. The summed E-state index contributed by atoms with van der Waals surface area (Å²) in [5.74, 6) is 0.489. The van der Waals surface area contributed by atoms with Gasteiger partial charge < -0.3 is 4.74 Å². The van der Waals surface area contributed by atoms with Gasteiger partial charge in [0.2, 0.25) is 0 Å². The van der Waals surface area contributed by atoms with Crippen LogP contribution in [0.4, 0.5) is 0 Å². The number of hydrogen-bond acceptors (Lipinski definition) is 2. The van der Waals surface area contributed by atoms with Crippen LogP contribution in [0.5, 0.6) is 5.75 Å². The van der Waals surface area contributed by atoms with Gasteiger partial charge in [0.05, 0.1) is 0 Å². The van der Waals surface area contributed by atoms with E-state index in [9.17, 15) is 4.79 Å². The van der Waals surface area contributed by atoms with Crippen LogP contribution in [-0.4, -0.2) is 5.97 Å². The van der Waals surface area contributed by atoms with Crippen LogP contribution in [-0.2, 0) is 10.2 Å². The lowest BCUT2D eigenvalue weighted by atomic mass is 9.86. The van der Waals surface area contributed by atoms with Crippen LogP contribution in [0.25, 0.3) is 0 Å². The number of carbonyl (C=O) groups is 1. The molecule has 0 atom stereocenters. The molecule has 0 aliphatic heterocycles. The summed E-state index contributed by atoms with van der Waals surface area (Å²) in [7, 11) is 0. The zero-order valence-corrected chi connectivity index (χ0v) is 9.83. The number of hydrogen-bond donors (Lipinski definition) is 0. The summed E-state index contributed by atoms with van der Waals surface area (Å²) in [5.41, 5.74) is 1.05. The number of esters is 1. The molecule has 0 N–H and O–H groups in total. The minimum absolute atomic E-state index is 0.00931. The molecule has 0 saturated heterocycles. The van der Waals surface area contributed by atoms with Gasteiger partial charge in [0.25, 0.3) is 0 Å². The lowest BCUT2D eigenvalue weighted by Gasteiger charge is -2.21. The van der Waals surface area contributed by atoms with Crippen molar-refractivity contribution in [2.24, 2.45) is 0 Å². The highest BCUT2D eigenvalue weighted by Gasteiger charge is 2.19. The van der Waals surface area contributed by atoms with Crippen LogP contribution in [0.2, 0.25) is 0 Å². The first kappa shape index (κ1) is 11.8. The number of rotatable bonds is 2. The lowest BCUT2D eigenvalue weighted by molar-refractivity contribution is -0.134. The molecule has 1 aromatic rings. The van der Waals surface area contributed by atoms with E-state index in [2.05, 4.69) is 20.8 Å². The van der Waals surface area contributed by atoms with Crippen molar-refractivity contribution in [2.75, 3.05) is 0 Å². The molecule has 0 spiro atoms. The molecule has 0 aliphatic carbocycles. The fourth-order valence-electron chi connectivity index (χ4n) is 1.37. The van der Waals surface area contributed by atoms with Gasteiger partial charge in [0, 0.05) is 12.0 Å². The van der Waals surface area contributed by atoms with Crippen molar-refractivity contribution in [1.29, 1.82) is 0 Å². The molecule has 2 heteroatoms. The second-order valence-corrected chi connectivity index (χ2v) is 4.57. The predicted molar refractivity (Wildman–Crippen MR) is 61.1 cm³/mol. The van der Waals surface area contributed by atoms with E-state index in [1.165, 1.54) is 0 Å². The quantitative estimate of drug-likeness (QED) is 0.548. The third-order valence-corrected chi connectivity index (χ3v) is 2.21. The normalized spacial score (nSPS) is 11.2. The maximum absolute atomic E-state index is 11.2. The molecule has 15 heavy (non-hydrogen) atoms. The molecule has 0 aromatic heterocycles. The summed E-state index contributed by atoms with van der Waals surface area (Å²) >= 11 is 0. The topological polar surface area (TPSA) is 26.3 Å². The van der Waals surface area contributed by atoms with E-state index in [1.807, 2.05) is 24.3 Å². The number of para-hydroxylation sites is 1. The van der Waals surface area contributed by atoms with Crippen LogP contribution < -0.4 is 4.74 Å². The highest BCUT2D eigenvalue weighted by atomic mass is 16.5. The molecule has 0 saturated carbocycles. The number of carbonyl (C=O) groups excluding carboxylic acids is 1. The number of ether oxygens (including phenoxy) is 1. The summed E-state index contributed by atoms with van der Waals surface area (Å²) in [5, 5.41) is 0. The Bertz CT molecular complexity index is 348. The van der Waals surface area contributed by atoms with Gasteiger partial charge in [-0.3, -0.25) is 4.79 Å². The maximum atomic E-state index is 11.2. The van der Waals surface area contributed by atoms with E-state index in [0.717, 1.165) is 5.56 Å². The standard InChI is InChI=1S/C13H18O2/c1-5-12(14)15-11-9-7-6-8-10(11)13(2,3)4/h6-9H,5H2,1-4H3. The Hall–Kier alpha value is -1.31.